The zero-order valence-corrected chi connectivity index (χ0v) is 23.0. The van der Waals surface area contributed by atoms with Gasteiger partial charge in [0.1, 0.15) is 5.60 Å². The van der Waals surface area contributed by atoms with Crippen LogP contribution in [0, 0.1) is 0 Å². The molecule has 0 fully saturated rings. The first kappa shape index (κ1) is 27.4. The summed E-state index contributed by atoms with van der Waals surface area (Å²) in [6, 6.07) is 17.1. The topological polar surface area (TPSA) is 128 Å². The first-order valence-corrected chi connectivity index (χ1v) is 12.6. The van der Waals surface area contributed by atoms with E-state index in [9.17, 15) is 14.4 Å². The molecule has 4 aromatic rings. The molecule has 0 radical (unpaired) electrons. The van der Waals surface area contributed by atoms with Crippen LogP contribution in [-0.2, 0) is 10.2 Å². The normalized spacial score (nSPS) is 11.7. The number of rotatable bonds is 4. The molecule has 1 aromatic heterocycles. The fourth-order valence-corrected chi connectivity index (χ4v) is 4.13. The third-order valence-electron chi connectivity index (χ3n) is 5.91. The number of carbonyl (C=O) groups is 3. The number of nitrogens with one attached hydrogen (secondary N) is 2. The van der Waals surface area contributed by atoms with E-state index in [0.717, 1.165) is 10.2 Å². The van der Waals surface area contributed by atoms with Crippen molar-refractivity contribution in [2.45, 2.75) is 52.6 Å². The number of nitrogens with two attached hydrogens (primary N) is 1. The highest BCUT2D eigenvalue weighted by Crippen LogP contribution is 2.28. The lowest BCUT2D eigenvalue weighted by Crippen LogP contribution is -2.27. The van der Waals surface area contributed by atoms with E-state index in [4.69, 9.17) is 10.5 Å². The second-order valence-corrected chi connectivity index (χ2v) is 11.3. The molecule has 9 heteroatoms. The number of hydrogen-bond acceptors (Lipinski definition) is 6. The van der Waals surface area contributed by atoms with Crippen LogP contribution in [0.1, 0.15) is 67.8 Å². The van der Waals surface area contributed by atoms with E-state index in [1.165, 1.54) is 0 Å². The molecule has 3 aromatic carbocycles. The maximum absolute atomic E-state index is 13.4. The summed E-state index contributed by atoms with van der Waals surface area (Å²) in [7, 11) is 0. The van der Waals surface area contributed by atoms with Gasteiger partial charge in [0.15, 0.2) is 0 Å². The average molecular weight is 528 g/mol. The molecule has 0 aliphatic rings. The summed E-state index contributed by atoms with van der Waals surface area (Å²) in [6.45, 7) is 11.4. The molecule has 202 valence electrons. The molecule has 0 saturated heterocycles. The second kappa shape index (κ2) is 10.2. The lowest BCUT2D eigenvalue weighted by Gasteiger charge is -2.22. The standard InChI is InChI=1S/C30H33N5O4/c1-29(2,3)23-10-8-7-9-21(23)26(36)34-24-15-19(31)12-14-22(24)27(37)33-20-13-11-18-17-32-35(25(18)16-20)28(38)39-30(4,5)6/h7-17H,31H2,1-6H3,(H,33,37)(H,34,36). The van der Waals surface area contributed by atoms with E-state index in [1.807, 2.05) is 32.9 Å². The fourth-order valence-electron chi connectivity index (χ4n) is 4.13. The summed E-state index contributed by atoms with van der Waals surface area (Å²) in [5, 5.41) is 10.5. The minimum Gasteiger partial charge on any atom is -0.442 e. The highest BCUT2D eigenvalue weighted by molar-refractivity contribution is 6.13. The average Bonchev–Trinajstić information content (AvgIpc) is 3.26. The van der Waals surface area contributed by atoms with Crippen LogP contribution in [0.4, 0.5) is 21.9 Å². The third kappa shape index (κ3) is 6.26. The largest absolute Gasteiger partial charge is 0.442 e. The lowest BCUT2D eigenvalue weighted by molar-refractivity contribution is 0.0522. The number of amides is 2. The molecule has 4 rings (SSSR count). The van der Waals surface area contributed by atoms with Crippen molar-refractivity contribution < 1.29 is 19.1 Å². The Morgan fingerprint density at radius 1 is 0.846 bits per heavy atom. The van der Waals surface area contributed by atoms with Crippen LogP contribution >= 0.6 is 0 Å². The summed E-state index contributed by atoms with van der Waals surface area (Å²) >= 11 is 0. The number of nitrogens with zero attached hydrogens (tertiary/aromatic N) is 2. The number of carbonyl (C=O) groups excluding carboxylic acids is 3. The monoisotopic (exact) mass is 527 g/mol. The zero-order valence-electron chi connectivity index (χ0n) is 23.0. The first-order chi connectivity index (χ1) is 18.2. The van der Waals surface area contributed by atoms with Gasteiger partial charge in [0, 0.05) is 22.3 Å². The molecule has 9 nitrogen and oxygen atoms in total. The van der Waals surface area contributed by atoms with Gasteiger partial charge in [-0.2, -0.15) is 9.78 Å². The molecule has 0 unspecified atom stereocenters. The molecule has 1 heterocycles. The van der Waals surface area contributed by atoms with Crippen LogP contribution in [0.3, 0.4) is 0 Å². The van der Waals surface area contributed by atoms with Gasteiger partial charge in [-0.3, -0.25) is 9.59 Å². The first-order valence-electron chi connectivity index (χ1n) is 12.6. The van der Waals surface area contributed by atoms with Gasteiger partial charge >= 0.3 is 6.09 Å². The summed E-state index contributed by atoms with van der Waals surface area (Å²) < 4.78 is 6.58. The van der Waals surface area contributed by atoms with E-state index in [1.54, 1.807) is 75.5 Å². The van der Waals surface area contributed by atoms with E-state index in [0.29, 0.717) is 27.8 Å². The highest BCUT2D eigenvalue weighted by Gasteiger charge is 2.23. The Labute approximate surface area is 227 Å². The second-order valence-electron chi connectivity index (χ2n) is 11.3. The number of aromatic nitrogens is 2. The van der Waals surface area contributed by atoms with Gasteiger partial charge < -0.3 is 21.1 Å². The smallest absolute Gasteiger partial charge is 0.435 e. The molecular weight excluding hydrogens is 494 g/mol. The van der Waals surface area contributed by atoms with Gasteiger partial charge in [-0.05, 0) is 74.2 Å². The lowest BCUT2D eigenvalue weighted by atomic mass is 9.83. The van der Waals surface area contributed by atoms with Crippen LogP contribution in [0.15, 0.2) is 66.9 Å². The van der Waals surface area contributed by atoms with Crippen molar-refractivity contribution in [3.63, 3.8) is 0 Å². The highest BCUT2D eigenvalue weighted by atomic mass is 16.6. The van der Waals surface area contributed by atoms with Gasteiger partial charge in [0.2, 0.25) is 0 Å². The van der Waals surface area contributed by atoms with Gasteiger partial charge in [0.25, 0.3) is 11.8 Å². The van der Waals surface area contributed by atoms with Gasteiger partial charge in [-0.25, -0.2) is 4.79 Å². The number of fused-ring (bicyclic) bond motifs is 1. The Kier molecular flexibility index (Phi) is 7.19. The van der Waals surface area contributed by atoms with E-state index >= 15 is 0 Å². The Hall–Kier alpha value is -4.66. The SMILES string of the molecule is CC(C)(C)OC(=O)n1ncc2ccc(NC(=O)c3ccc(N)cc3NC(=O)c3ccccc3C(C)(C)C)cc21. The molecule has 0 aliphatic heterocycles. The molecule has 0 saturated carbocycles. The Morgan fingerprint density at radius 3 is 2.23 bits per heavy atom. The zero-order chi connectivity index (χ0) is 28.5. The third-order valence-corrected chi connectivity index (χ3v) is 5.91. The van der Waals surface area contributed by atoms with E-state index < -0.39 is 17.6 Å². The molecule has 39 heavy (non-hydrogen) atoms. The van der Waals surface area contributed by atoms with Crippen LogP contribution in [-0.4, -0.2) is 33.3 Å². The molecule has 4 N–H and O–H groups in total. The molecule has 0 atom stereocenters. The van der Waals surface area contributed by atoms with Crippen molar-refractivity contribution in [1.29, 1.82) is 0 Å². The Morgan fingerprint density at radius 2 is 1.54 bits per heavy atom. The van der Waals surface area contributed by atoms with Crippen LogP contribution < -0.4 is 16.4 Å². The van der Waals surface area contributed by atoms with Crippen molar-refractivity contribution in [1.82, 2.24) is 9.78 Å². The predicted molar refractivity (Wildman–Crippen MR) is 153 cm³/mol. The van der Waals surface area contributed by atoms with E-state index in [-0.39, 0.29) is 22.6 Å². The van der Waals surface area contributed by atoms with Crippen molar-refractivity contribution in [2.75, 3.05) is 16.4 Å². The van der Waals surface area contributed by atoms with Crippen LogP contribution in [0.25, 0.3) is 10.9 Å². The summed E-state index contributed by atoms with van der Waals surface area (Å²) in [6.07, 6.45) is 0.925. The number of anilines is 3. The molecule has 0 spiro atoms. The predicted octanol–water partition coefficient (Wildman–Crippen LogP) is 6.20. The molecule has 2 amide bonds. The Balaban J connectivity index is 1.61. The van der Waals surface area contributed by atoms with E-state index in [2.05, 4.69) is 15.7 Å². The van der Waals surface area contributed by atoms with Crippen molar-refractivity contribution in [2.24, 2.45) is 0 Å². The summed E-state index contributed by atoms with van der Waals surface area (Å²) in [5.41, 5.74) is 8.26. The minimum absolute atomic E-state index is 0.228. The quantitative estimate of drug-likeness (QED) is 0.271. The summed E-state index contributed by atoms with van der Waals surface area (Å²) in [4.78, 5) is 39.3. The number of hydrogen-bond donors (Lipinski definition) is 3. The Bertz CT molecular complexity index is 1570. The minimum atomic E-state index is -0.690. The number of nitrogen functional groups attached to an aromatic ring is 1. The molecule has 0 bridgehead atoms. The van der Waals surface area contributed by atoms with Gasteiger partial charge in [0.05, 0.1) is 23.0 Å². The molecule has 0 aliphatic carbocycles. The maximum Gasteiger partial charge on any atom is 0.435 e. The maximum atomic E-state index is 13.4. The van der Waals surface area contributed by atoms with Crippen molar-refractivity contribution in [3.8, 4) is 0 Å². The number of ether oxygens (including phenoxy) is 1. The van der Waals surface area contributed by atoms with Crippen molar-refractivity contribution in [3.05, 3.63) is 83.6 Å². The van der Waals surface area contributed by atoms with Gasteiger partial charge in [-0.15, -0.1) is 0 Å². The summed E-state index contributed by atoms with van der Waals surface area (Å²) in [5.74, 6) is -0.806. The fraction of sp³-hybridized carbons (Fsp3) is 0.267. The number of benzene rings is 3. The van der Waals surface area contributed by atoms with Crippen LogP contribution in [0.2, 0.25) is 0 Å². The van der Waals surface area contributed by atoms with Crippen LogP contribution in [0.5, 0.6) is 0 Å². The molecular formula is C30H33N5O4. The van der Waals surface area contributed by atoms with Crippen molar-refractivity contribution >= 4 is 45.9 Å². The van der Waals surface area contributed by atoms with Gasteiger partial charge in [-0.1, -0.05) is 39.0 Å².